The van der Waals surface area contributed by atoms with E-state index in [2.05, 4.69) is 32.2 Å². The normalized spacial score (nSPS) is 13.8. The lowest BCUT2D eigenvalue weighted by Crippen LogP contribution is -2.15. The Labute approximate surface area is 159 Å². The van der Waals surface area contributed by atoms with Gasteiger partial charge in [-0.25, -0.2) is 0 Å². The number of anilines is 1. The third-order valence-corrected chi connectivity index (χ3v) is 5.89. The summed E-state index contributed by atoms with van der Waals surface area (Å²) in [7, 11) is 1.63. The smallest absolute Gasteiger partial charge is 0.265 e. The van der Waals surface area contributed by atoms with Crippen LogP contribution in [0, 0.1) is 6.92 Å². The van der Waals surface area contributed by atoms with Crippen LogP contribution in [-0.4, -0.2) is 13.0 Å². The van der Waals surface area contributed by atoms with Gasteiger partial charge in [-0.1, -0.05) is 32.9 Å². The summed E-state index contributed by atoms with van der Waals surface area (Å²) in [6.07, 6.45) is 3.89. The molecule has 4 nitrogen and oxygen atoms in total. The van der Waals surface area contributed by atoms with E-state index in [1.54, 1.807) is 7.11 Å². The van der Waals surface area contributed by atoms with Crippen LogP contribution >= 0.6 is 11.3 Å². The number of thiophene rings is 1. The molecule has 1 aromatic carbocycles. The number of rotatable bonds is 3. The number of carbonyl (C=O) groups is 1. The maximum atomic E-state index is 12.9. The molecule has 0 saturated heterocycles. The lowest BCUT2D eigenvalue weighted by molar-refractivity contribution is 0.103. The third kappa shape index (κ3) is 3.49. The predicted molar refractivity (Wildman–Crippen MR) is 109 cm³/mol. The molecule has 0 atom stereocenters. The fraction of sp³-hybridized carbons (Fsp3) is 0.381. The number of amides is 1. The Hall–Kier alpha value is -2.27. The van der Waals surface area contributed by atoms with Crippen LogP contribution in [0.1, 0.15) is 58.4 Å². The molecule has 26 heavy (non-hydrogen) atoms. The van der Waals surface area contributed by atoms with E-state index >= 15 is 0 Å². The van der Waals surface area contributed by atoms with Crippen molar-refractivity contribution in [2.45, 2.75) is 46.0 Å². The predicted octanol–water partition coefficient (Wildman–Crippen LogP) is 4.86. The molecule has 1 amide bonds. The van der Waals surface area contributed by atoms with E-state index in [-0.39, 0.29) is 11.3 Å². The molecular formula is C21H26N2O2S. The molecule has 138 valence electrons. The molecule has 1 aliphatic carbocycles. The first-order valence-electron chi connectivity index (χ1n) is 8.80. The van der Waals surface area contributed by atoms with E-state index in [4.69, 9.17) is 10.5 Å². The standard InChI is InChI=1S/C21H26N2O2S/c1-12-9-14(21(2,3)4)11-16(18(12)25-5)23-20(24)17-10-13-7-6-8-15(22)19(13)26-17/h8-11H,6-7,22H2,1-5H3,(H,23,24). The number of nitrogens with two attached hydrogens (primary N) is 1. The van der Waals surface area contributed by atoms with Crippen molar-refractivity contribution in [3.63, 3.8) is 0 Å². The maximum Gasteiger partial charge on any atom is 0.265 e. The SMILES string of the molecule is COc1c(C)cc(C(C)(C)C)cc1NC(=O)c1cc2c(s1)C(N)=CCC2. The first-order valence-corrected chi connectivity index (χ1v) is 9.61. The Morgan fingerprint density at radius 2 is 2.00 bits per heavy atom. The molecule has 1 aliphatic rings. The molecule has 0 saturated carbocycles. The van der Waals surface area contributed by atoms with Crippen molar-refractivity contribution >= 4 is 28.6 Å². The van der Waals surface area contributed by atoms with Crippen LogP contribution in [0.2, 0.25) is 0 Å². The van der Waals surface area contributed by atoms with Crippen LogP contribution in [0.4, 0.5) is 5.69 Å². The summed E-state index contributed by atoms with van der Waals surface area (Å²) in [5.74, 6) is 0.577. The van der Waals surface area contributed by atoms with Crippen LogP contribution in [0.15, 0.2) is 24.3 Å². The number of hydrogen-bond donors (Lipinski definition) is 2. The number of aryl methyl sites for hydroxylation is 2. The van der Waals surface area contributed by atoms with Gasteiger partial charge in [-0.15, -0.1) is 11.3 Å². The monoisotopic (exact) mass is 370 g/mol. The summed E-state index contributed by atoms with van der Waals surface area (Å²) in [6, 6.07) is 6.08. The quantitative estimate of drug-likeness (QED) is 0.811. The summed E-state index contributed by atoms with van der Waals surface area (Å²) in [5.41, 5.74) is 10.9. The molecule has 0 bridgehead atoms. The van der Waals surface area contributed by atoms with E-state index in [0.717, 1.165) is 40.1 Å². The minimum atomic E-state index is -0.124. The van der Waals surface area contributed by atoms with Crippen LogP contribution in [0.5, 0.6) is 5.75 Å². The van der Waals surface area contributed by atoms with Gasteiger partial charge in [0.15, 0.2) is 0 Å². The zero-order valence-corrected chi connectivity index (χ0v) is 16.8. The summed E-state index contributed by atoms with van der Waals surface area (Å²) in [4.78, 5) is 14.6. The minimum Gasteiger partial charge on any atom is -0.494 e. The van der Waals surface area contributed by atoms with Gasteiger partial charge in [-0.05, 0) is 54.0 Å². The molecule has 3 rings (SSSR count). The van der Waals surface area contributed by atoms with Gasteiger partial charge in [0, 0.05) is 5.70 Å². The fourth-order valence-corrected chi connectivity index (χ4v) is 4.26. The van der Waals surface area contributed by atoms with Gasteiger partial charge in [-0.2, -0.15) is 0 Å². The van der Waals surface area contributed by atoms with Crippen LogP contribution < -0.4 is 15.8 Å². The zero-order valence-electron chi connectivity index (χ0n) is 16.0. The van der Waals surface area contributed by atoms with Crippen molar-refractivity contribution in [2.24, 2.45) is 5.73 Å². The van der Waals surface area contributed by atoms with Crippen molar-refractivity contribution in [2.75, 3.05) is 12.4 Å². The lowest BCUT2D eigenvalue weighted by Gasteiger charge is -2.22. The Balaban J connectivity index is 1.94. The summed E-state index contributed by atoms with van der Waals surface area (Å²) >= 11 is 1.45. The number of allylic oxidation sites excluding steroid dienone is 1. The molecule has 0 aliphatic heterocycles. The second-order valence-electron chi connectivity index (χ2n) is 7.74. The molecule has 0 radical (unpaired) electrons. The number of nitrogens with one attached hydrogen (secondary N) is 1. The maximum absolute atomic E-state index is 12.9. The van der Waals surface area contributed by atoms with Gasteiger partial charge in [0.2, 0.25) is 0 Å². The van der Waals surface area contributed by atoms with E-state index in [1.807, 2.05) is 25.1 Å². The first-order chi connectivity index (χ1) is 12.2. The highest BCUT2D eigenvalue weighted by Gasteiger charge is 2.22. The van der Waals surface area contributed by atoms with Crippen molar-refractivity contribution in [1.29, 1.82) is 0 Å². The second-order valence-corrected chi connectivity index (χ2v) is 8.79. The molecule has 3 N–H and O–H groups in total. The summed E-state index contributed by atoms with van der Waals surface area (Å²) < 4.78 is 5.54. The van der Waals surface area contributed by atoms with Crippen LogP contribution in [-0.2, 0) is 11.8 Å². The Kier molecular flexibility index (Phi) is 4.84. The molecule has 2 aromatic rings. The van der Waals surface area contributed by atoms with Gasteiger partial charge in [-0.3, -0.25) is 4.79 Å². The van der Waals surface area contributed by atoms with E-state index in [1.165, 1.54) is 11.3 Å². The van der Waals surface area contributed by atoms with E-state index in [9.17, 15) is 4.79 Å². The van der Waals surface area contributed by atoms with Crippen molar-refractivity contribution in [1.82, 2.24) is 0 Å². The van der Waals surface area contributed by atoms with Gasteiger partial charge >= 0.3 is 0 Å². The Morgan fingerprint density at radius 1 is 1.27 bits per heavy atom. The summed E-state index contributed by atoms with van der Waals surface area (Å²) in [5, 5.41) is 3.04. The zero-order chi connectivity index (χ0) is 19.1. The van der Waals surface area contributed by atoms with Gasteiger partial charge in [0.25, 0.3) is 5.91 Å². The molecule has 1 aromatic heterocycles. The van der Waals surface area contributed by atoms with E-state index < -0.39 is 0 Å². The number of hydrogen-bond acceptors (Lipinski definition) is 4. The average Bonchev–Trinajstić information content (AvgIpc) is 2.99. The lowest BCUT2D eigenvalue weighted by atomic mass is 9.85. The van der Waals surface area contributed by atoms with Crippen molar-refractivity contribution in [3.8, 4) is 5.75 Å². The Bertz CT molecular complexity index is 888. The fourth-order valence-electron chi connectivity index (χ4n) is 3.20. The van der Waals surface area contributed by atoms with Crippen LogP contribution in [0.3, 0.4) is 0 Å². The molecule has 5 heteroatoms. The Morgan fingerprint density at radius 3 is 2.62 bits per heavy atom. The number of carbonyl (C=O) groups excluding carboxylic acids is 1. The number of fused-ring (bicyclic) bond motifs is 1. The number of ether oxygens (including phenoxy) is 1. The van der Waals surface area contributed by atoms with Crippen molar-refractivity contribution < 1.29 is 9.53 Å². The largest absolute Gasteiger partial charge is 0.494 e. The minimum absolute atomic E-state index is 0.0161. The van der Waals surface area contributed by atoms with E-state index in [0.29, 0.717) is 16.3 Å². The van der Waals surface area contributed by atoms with Gasteiger partial charge < -0.3 is 15.8 Å². The highest BCUT2D eigenvalue weighted by atomic mass is 32.1. The first kappa shape index (κ1) is 18.5. The van der Waals surface area contributed by atoms with Gasteiger partial charge in [0.05, 0.1) is 22.6 Å². The van der Waals surface area contributed by atoms with Crippen LogP contribution in [0.25, 0.3) is 5.70 Å². The molecular weight excluding hydrogens is 344 g/mol. The molecule has 1 heterocycles. The highest BCUT2D eigenvalue weighted by molar-refractivity contribution is 7.15. The molecule has 0 unspecified atom stereocenters. The average molecular weight is 371 g/mol. The van der Waals surface area contributed by atoms with Crippen molar-refractivity contribution in [3.05, 3.63) is 50.7 Å². The molecule has 0 fully saturated rings. The highest BCUT2D eigenvalue weighted by Crippen LogP contribution is 2.36. The second kappa shape index (κ2) is 6.80. The van der Waals surface area contributed by atoms with Gasteiger partial charge in [0.1, 0.15) is 5.75 Å². The third-order valence-electron chi connectivity index (χ3n) is 4.67. The summed E-state index contributed by atoms with van der Waals surface area (Å²) in [6.45, 7) is 8.46. The number of methoxy groups -OCH3 is 1. The topological polar surface area (TPSA) is 64.3 Å². The molecule has 0 spiro atoms. The number of benzene rings is 1.